The molecule has 1 saturated heterocycles. The number of rotatable bonds is 8. The molecule has 2 aliphatic rings. The number of Topliss-reactive ketones (excluding diaryl/α,β-unsaturated/α-hetero) is 1. The number of piperidine rings is 1. The summed E-state index contributed by atoms with van der Waals surface area (Å²) < 4.78 is 33.8. The predicted octanol–water partition coefficient (Wildman–Crippen LogP) is 7.25. The number of carboxylic acid groups (broad SMARTS) is 1. The number of aryl methyl sites for hydroxylation is 1. The summed E-state index contributed by atoms with van der Waals surface area (Å²) in [6, 6.07) is 23.4. The third-order valence-electron chi connectivity index (χ3n) is 10.0. The lowest BCUT2D eigenvalue weighted by Crippen LogP contribution is -2.53. The Morgan fingerprint density at radius 2 is 1.58 bits per heavy atom. The topological polar surface area (TPSA) is 152 Å². The minimum Gasteiger partial charge on any atom is -0.465 e. The van der Waals surface area contributed by atoms with Gasteiger partial charge in [-0.15, -0.1) is 0 Å². The Morgan fingerprint density at radius 3 is 2.21 bits per heavy atom. The highest BCUT2D eigenvalue weighted by Gasteiger charge is 2.43. The van der Waals surface area contributed by atoms with Gasteiger partial charge in [-0.1, -0.05) is 66.2 Å². The molecule has 0 bridgehead atoms. The van der Waals surface area contributed by atoms with Gasteiger partial charge in [0.15, 0.2) is 17.2 Å². The van der Waals surface area contributed by atoms with Crippen molar-refractivity contribution in [2.75, 3.05) is 18.0 Å². The van der Waals surface area contributed by atoms with E-state index < -0.39 is 46.3 Å². The second kappa shape index (κ2) is 13.8. The maximum Gasteiger partial charge on any atom is 0.416 e. The number of benzene rings is 3. The molecule has 2 unspecified atom stereocenters. The summed E-state index contributed by atoms with van der Waals surface area (Å²) in [6.07, 6.45) is 1.96. The zero-order valence-electron chi connectivity index (χ0n) is 30.0. The standard InChI is InChI=1S/C40H41N5O7S/c1-25-15-17-26(18-16-25)53(50,51)45-21-19-33-37(45)41-23-36(42-33)44(39(49)52-40(2,3)4)24-35(46)31-14-9-20-43(38(47)48)34(31)22-32-29-12-7-5-10-27(29)28-11-6-8-13-30(28)32/h5-8,10-13,15-19,21,23,31-32,34H,9,14,20,22,24H2,1-4H3,(H,47,48). The Hall–Kier alpha value is -5.56. The van der Waals surface area contributed by atoms with Gasteiger partial charge in [0.25, 0.3) is 10.0 Å². The highest BCUT2D eigenvalue weighted by molar-refractivity contribution is 7.90. The van der Waals surface area contributed by atoms with Crippen molar-refractivity contribution in [3.05, 3.63) is 108 Å². The van der Waals surface area contributed by atoms with Crippen LogP contribution >= 0.6 is 0 Å². The number of carbonyl (C=O) groups excluding carboxylic acids is 2. The van der Waals surface area contributed by atoms with E-state index in [0.717, 1.165) is 36.7 Å². The van der Waals surface area contributed by atoms with Gasteiger partial charge >= 0.3 is 12.2 Å². The van der Waals surface area contributed by atoms with Crippen LogP contribution in [0.1, 0.15) is 62.6 Å². The Kier molecular flexibility index (Phi) is 9.31. The number of carbonyl (C=O) groups is 3. The van der Waals surface area contributed by atoms with Gasteiger partial charge in [-0.25, -0.2) is 31.9 Å². The number of fused-ring (bicyclic) bond motifs is 4. The number of likely N-dealkylation sites (tertiary alicyclic amines) is 1. The van der Waals surface area contributed by atoms with Gasteiger partial charge in [0.2, 0.25) is 0 Å². The van der Waals surface area contributed by atoms with E-state index in [-0.39, 0.29) is 33.6 Å². The van der Waals surface area contributed by atoms with Gasteiger partial charge in [0, 0.05) is 30.6 Å². The normalized spacial score (nSPS) is 17.3. The molecule has 274 valence electrons. The average Bonchev–Trinajstić information content (AvgIpc) is 3.69. The van der Waals surface area contributed by atoms with Gasteiger partial charge in [0.1, 0.15) is 11.1 Å². The average molecular weight is 736 g/mol. The number of ether oxygens (including phenoxy) is 1. The first-order valence-electron chi connectivity index (χ1n) is 17.6. The third-order valence-corrected chi connectivity index (χ3v) is 11.7. The lowest BCUT2D eigenvalue weighted by molar-refractivity contribution is -0.125. The summed E-state index contributed by atoms with van der Waals surface area (Å²) in [4.78, 5) is 52.5. The fourth-order valence-electron chi connectivity index (χ4n) is 7.57. The Morgan fingerprint density at radius 1 is 0.943 bits per heavy atom. The summed E-state index contributed by atoms with van der Waals surface area (Å²) in [6.45, 7) is 6.81. The summed E-state index contributed by atoms with van der Waals surface area (Å²) in [5.41, 5.74) is 4.59. The van der Waals surface area contributed by atoms with E-state index in [1.54, 1.807) is 32.9 Å². The number of hydrogen-bond donors (Lipinski definition) is 1. The number of ketones is 1. The fourth-order valence-corrected chi connectivity index (χ4v) is 8.87. The van der Waals surface area contributed by atoms with Gasteiger partial charge in [-0.2, -0.15) is 0 Å². The van der Waals surface area contributed by atoms with Crippen molar-refractivity contribution in [2.45, 2.75) is 69.4 Å². The summed E-state index contributed by atoms with van der Waals surface area (Å²) in [7, 11) is -4.01. The second-order valence-electron chi connectivity index (χ2n) is 14.7. The van der Waals surface area contributed by atoms with Crippen molar-refractivity contribution >= 4 is 45.0 Å². The van der Waals surface area contributed by atoms with E-state index >= 15 is 0 Å². The first-order valence-corrected chi connectivity index (χ1v) is 19.0. The molecule has 0 radical (unpaired) electrons. The van der Waals surface area contributed by atoms with Gasteiger partial charge in [-0.05, 0) is 87.4 Å². The van der Waals surface area contributed by atoms with Crippen LogP contribution in [0.3, 0.4) is 0 Å². The number of aromatic nitrogens is 3. The zero-order valence-corrected chi connectivity index (χ0v) is 30.8. The van der Waals surface area contributed by atoms with Crippen LogP contribution in [0.5, 0.6) is 0 Å². The molecular weight excluding hydrogens is 695 g/mol. The minimum atomic E-state index is -4.01. The van der Waals surface area contributed by atoms with Crippen LogP contribution in [0, 0.1) is 12.8 Å². The molecule has 2 aromatic heterocycles. The first kappa shape index (κ1) is 35.8. The zero-order chi connectivity index (χ0) is 37.7. The third kappa shape index (κ3) is 6.88. The molecule has 1 aliphatic heterocycles. The van der Waals surface area contributed by atoms with Crippen molar-refractivity contribution in [3.63, 3.8) is 0 Å². The van der Waals surface area contributed by atoms with E-state index in [1.165, 1.54) is 35.5 Å². The van der Waals surface area contributed by atoms with Crippen molar-refractivity contribution in [3.8, 4) is 11.1 Å². The molecule has 2 amide bonds. The number of hydrogen-bond acceptors (Lipinski definition) is 8. The van der Waals surface area contributed by atoms with Gasteiger partial charge < -0.3 is 14.7 Å². The Labute approximate surface area is 308 Å². The minimum absolute atomic E-state index is 0.00770. The fraction of sp³-hybridized carbons (Fsp3) is 0.325. The molecule has 0 saturated carbocycles. The van der Waals surface area contributed by atoms with Crippen LogP contribution in [0.15, 0.2) is 96.2 Å². The highest BCUT2D eigenvalue weighted by Crippen LogP contribution is 2.48. The second-order valence-corrected chi connectivity index (χ2v) is 16.5. The van der Waals surface area contributed by atoms with E-state index in [4.69, 9.17) is 4.74 Å². The number of amides is 2. The van der Waals surface area contributed by atoms with E-state index in [2.05, 4.69) is 34.2 Å². The quantitative estimate of drug-likeness (QED) is 0.174. The Bertz CT molecular complexity index is 2290. The molecule has 53 heavy (non-hydrogen) atoms. The number of nitrogens with zero attached hydrogens (tertiary/aromatic N) is 5. The monoisotopic (exact) mass is 735 g/mol. The van der Waals surface area contributed by atoms with Crippen LogP contribution in [-0.2, 0) is 19.6 Å². The number of anilines is 1. The van der Waals surface area contributed by atoms with E-state index in [9.17, 15) is 27.9 Å². The SMILES string of the molecule is Cc1ccc(S(=O)(=O)n2ccc3nc(N(CC(=O)C4CCCN(C(=O)O)C4CC4c5ccccc5-c5ccccc54)C(=O)OC(C)(C)C)cnc32)cc1. The molecule has 2 atom stereocenters. The molecule has 5 aromatic rings. The molecule has 1 aliphatic carbocycles. The van der Waals surface area contributed by atoms with Crippen LogP contribution in [-0.4, -0.2) is 75.1 Å². The van der Waals surface area contributed by atoms with Crippen molar-refractivity contribution in [1.29, 1.82) is 0 Å². The van der Waals surface area contributed by atoms with Crippen LogP contribution in [0.4, 0.5) is 15.4 Å². The smallest absolute Gasteiger partial charge is 0.416 e. The largest absolute Gasteiger partial charge is 0.465 e. The predicted molar refractivity (Wildman–Crippen MR) is 199 cm³/mol. The van der Waals surface area contributed by atoms with Crippen molar-refractivity contribution in [1.82, 2.24) is 18.8 Å². The lowest BCUT2D eigenvalue weighted by Gasteiger charge is -2.41. The van der Waals surface area contributed by atoms with Crippen LogP contribution < -0.4 is 4.90 Å². The maximum absolute atomic E-state index is 14.5. The highest BCUT2D eigenvalue weighted by atomic mass is 32.2. The van der Waals surface area contributed by atoms with E-state index in [0.29, 0.717) is 25.8 Å². The van der Waals surface area contributed by atoms with Gasteiger partial charge in [0.05, 0.1) is 17.6 Å². The van der Waals surface area contributed by atoms with Crippen molar-refractivity contribution < 1.29 is 32.6 Å². The molecule has 13 heteroatoms. The molecule has 0 spiro atoms. The first-order chi connectivity index (χ1) is 25.2. The lowest BCUT2D eigenvalue weighted by atomic mass is 9.78. The summed E-state index contributed by atoms with van der Waals surface area (Å²) >= 11 is 0. The molecule has 7 rings (SSSR count). The maximum atomic E-state index is 14.5. The van der Waals surface area contributed by atoms with Crippen molar-refractivity contribution in [2.24, 2.45) is 5.92 Å². The molecule has 1 fully saturated rings. The Balaban J connectivity index is 1.22. The molecule has 3 heterocycles. The molecule has 1 N–H and O–H groups in total. The summed E-state index contributed by atoms with van der Waals surface area (Å²) in [5.74, 6) is -1.19. The van der Waals surface area contributed by atoms with E-state index in [1.807, 2.05) is 31.2 Å². The van der Waals surface area contributed by atoms with Crippen LogP contribution in [0.25, 0.3) is 22.3 Å². The molecular formula is C40H41N5O7S. The summed E-state index contributed by atoms with van der Waals surface area (Å²) in [5, 5.41) is 10.4. The molecule has 3 aromatic carbocycles. The van der Waals surface area contributed by atoms with Gasteiger partial charge in [-0.3, -0.25) is 9.69 Å². The molecule has 12 nitrogen and oxygen atoms in total. The van der Waals surface area contributed by atoms with Crippen LogP contribution in [0.2, 0.25) is 0 Å².